The van der Waals surface area contributed by atoms with Crippen LogP contribution >= 0.6 is 23.2 Å². The maximum absolute atomic E-state index is 12.4. The van der Waals surface area contributed by atoms with Crippen molar-refractivity contribution in [1.29, 1.82) is 0 Å². The van der Waals surface area contributed by atoms with E-state index in [-0.39, 0.29) is 0 Å². The van der Waals surface area contributed by atoms with E-state index in [1.807, 2.05) is 0 Å². The van der Waals surface area contributed by atoms with Gasteiger partial charge in [0, 0.05) is 15.7 Å². The normalized spacial score (nSPS) is 10.8. The molecule has 2 N–H and O–H groups in total. The zero-order chi connectivity index (χ0) is 17.3. The van der Waals surface area contributed by atoms with Crippen LogP contribution in [-0.4, -0.2) is 15.5 Å². The Labute approximate surface area is 145 Å². The number of hydrogen-bond acceptors (Lipinski definition) is 3. The molecule has 0 fully saturated rings. The summed E-state index contributed by atoms with van der Waals surface area (Å²) in [4.78, 5) is 39.1. The van der Waals surface area contributed by atoms with Crippen LogP contribution in [0.2, 0.25) is 10.0 Å². The summed E-state index contributed by atoms with van der Waals surface area (Å²) in [7, 11) is 0. The van der Waals surface area contributed by atoms with E-state index >= 15 is 0 Å². The molecule has 0 radical (unpaired) electrons. The van der Waals surface area contributed by atoms with Gasteiger partial charge in [-0.2, -0.15) is 0 Å². The minimum atomic E-state index is -0.655. The van der Waals surface area contributed by atoms with E-state index in [1.165, 1.54) is 18.2 Å². The summed E-state index contributed by atoms with van der Waals surface area (Å²) in [5, 5.41) is 3.60. The molecule has 0 spiro atoms. The molecule has 24 heavy (non-hydrogen) atoms. The van der Waals surface area contributed by atoms with Crippen molar-refractivity contribution in [3.63, 3.8) is 0 Å². The average Bonchev–Trinajstić information content (AvgIpc) is 2.50. The first kappa shape index (κ1) is 16.3. The Morgan fingerprint density at radius 3 is 2.46 bits per heavy atom. The van der Waals surface area contributed by atoms with Crippen LogP contribution in [0.1, 0.15) is 0 Å². The molecule has 6 nitrogen and oxygen atoms in total. The van der Waals surface area contributed by atoms with Crippen LogP contribution in [-0.2, 0) is 11.3 Å². The van der Waals surface area contributed by atoms with Crippen LogP contribution in [0.5, 0.6) is 0 Å². The van der Waals surface area contributed by atoms with Gasteiger partial charge in [-0.1, -0.05) is 35.3 Å². The number of para-hydroxylation sites is 1. The van der Waals surface area contributed by atoms with Gasteiger partial charge in [-0.05, 0) is 30.3 Å². The van der Waals surface area contributed by atoms with Crippen molar-refractivity contribution >= 4 is 45.7 Å². The number of hydrogen-bond donors (Lipinski definition) is 2. The Morgan fingerprint density at radius 1 is 1.08 bits per heavy atom. The third-order valence-corrected chi connectivity index (χ3v) is 3.77. The van der Waals surface area contributed by atoms with Crippen LogP contribution in [0.4, 0.5) is 5.69 Å². The number of amides is 1. The second-order valence-electron chi connectivity index (χ2n) is 5.07. The first-order valence-corrected chi connectivity index (χ1v) is 7.67. The Hall–Kier alpha value is -2.57. The van der Waals surface area contributed by atoms with E-state index in [2.05, 4.69) is 10.3 Å². The second-order valence-corrected chi connectivity index (χ2v) is 5.95. The third-order valence-electron chi connectivity index (χ3n) is 3.34. The van der Waals surface area contributed by atoms with E-state index in [1.54, 1.807) is 24.3 Å². The predicted octanol–water partition coefficient (Wildman–Crippen LogP) is 2.64. The molecule has 0 atom stereocenters. The van der Waals surface area contributed by atoms with Crippen LogP contribution < -0.4 is 16.6 Å². The minimum absolute atomic E-state index is 0.329. The molecule has 0 saturated carbocycles. The molecule has 0 bridgehead atoms. The van der Waals surface area contributed by atoms with Gasteiger partial charge in [0.15, 0.2) is 0 Å². The van der Waals surface area contributed by atoms with E-state index < -0.39 is 23.7 Å². The number of nitrogens with zero attached hydrogens (tertiary/aromatic N) is 1. The van der Waals surface area contributed by atoms with E-state index in [9.17, 15) is 14.4 Å². The quantitative estimate of drug-likeness (QED) is 0.750. The number of benzene rings is 2. The Kier molecular flexibility index (Phi) is 4.42. The highest BCUT2D eigenvalue weighted by Crippen LogP contribution is 2.22. The minimum Gasteiger partial charge on any atom is -0.324 e. The van der Waals surface area contributed by atoms with Crippen molar-refractivity contribution in [3.8, 4) is 0 Å². The summed E-state index contributed by atoms with van der Waals surface area (Å²) in [6, 6.07) is 11.1. The molecule has 0 aliphatic heterocycles. The van der Waals surface area contributed by atoms with Gasteiger partial charge in [-0.3, -0.25) is 14.2 Å². The molecular formula is C16H11Cl2N3O3. The van der Waals surface area contributed by atoms with Gasteiger partial charge in [-0.15, -0.1) is 0 Å². The fourth-order valence-electron chi connectivity index (χ4n) is 2.31. The Morgan fingerprint density at radius 2 is 1.75 bits per heavy atom. The zero-order valence-electron chi connectivity index (χ0n) is 12.2. The lowest BCUT2D eigenvalue weighted by Gasteiger charge is -2.08. The lowest BCUT2D eigenvalue weighted by molar-refractivity contribution is -0.116. The first-order valence-electron chi connectivity index (χ1n) is 6.92. The molecule has 0 aliphatic carbocycles. The largest absolute Gasteiger partial charge is 0.329 e. The molecule has 0 aliphatic rings. The van der Waals surface area contributed by atoms with Crippen molar-refractivity contribution in [1.82, 2.24) is 9.55 Å². The highest BCUT2D eigenvalue weighted by atomic mass is 35.5. The summed E-state index contributed by atoms with van der Waals surface area (Å²) < 4.78 is 0.837. The summed E-state index contributed by atoms with van der Waals surface area (Å²) in [6.45, 7) is -0.427. The molecule has 1 amide bonds. The fraction of sp³-hybridized carbons (Fsp3) is 0.0625. The number of nitrogens with one attached hydrogen (secondary N) is 2. The van der Waals surface area contributed by atoms with Gasteiger partial charge in [-0.25, -0.2) is 4.79 Å². The number of aromatic amines is 1. The van der Waals surface area contributed by atoms with E-state index in [4.69, 9.17) is 23.2 Å². The maximum Gasteiger partial charge on any atom is 0.329 e. The number of rotatable bonds is 3. The Bertz CT molecular complexity index is 1040. The zero-order valence-corrected chi connectivity index (χ0v) is 13.7. The Balaban J connectivity index is 1.91. The lowest BCUT2D eigenvalue weighted by atomic mass is 10.2. The summed E-state index contributed by atoms with van der Waals surface area (Å²) in [5.74, 6) is -0.545. The lowest BCUT2D eigenvalue weighted by Crippen LogP contribution is -2.38. The monoisotopic (exact) mass is 363 g/mol. The summed E-state index contributed by atoms with van der Waals surface area (Å²) >= 11 is 11.7. The van der Waals surface area contributed by atoms with Gasteiger partial charge in [0.25, 0.3) is 5.56 Å². The standard InChI is InChI=1S/C16H11Cl2N3O3/c17-9-5-10(18)7-11(6-9)19-14(22)8-21-15(23)12-3-1-2-4-13(12)20-16(21)24/h1-7H,8H2,(H,19,22)(H,20,24). The van der Waals surface area contributed by atoms with Crippen molar-refractivity contribution in [2.45, 2.75) is 6.54 Å². The van der Waals surface area contributed by atoms with Gasteiger partial charge in [0.2, 0.25) is 5.91 Å². The van der Waals surface area contributed by atoms with Gasteiger partial charge in [0.05, 0.1) is 10.9 Å². The second kappa shape index (κ2) is 6.51. The SMILES string of the molecule is O=C(Cn1c(=O)[nH]c2ccccc2c1=O)Nc1cc(Cl)cc(Cl)c1. The van der Waals surface area contributed by atoms with Crippen molar-refractivity contribution in [2.75, 3.05) is 5.32 Å². The number of H-pyrrole nitrogens is 1. The molecule has 1 heterocycles. The van der Waals surface area contributed by atoms with Gasteiger partial charge >= 0.3 is 5.69 Å². The summed E-state index contributed by atoms with van der Waals surface area (Å²) in [6.07, 6.45) is 0. The molecule has 0 unspecified atom stereocenters. The number of fused-ring (bicyclic) bond motifs is 1. The molecular weight excluding hydrogens is 353 g/mol. The molecule has 122 valence electrons. The first-order chi connectivity index (χ1) is 11.4. The van der Waals surface area contributed by atoms with Crippen LogP contribution in [0.15, 0.2) is 52.1 Å². The molecule has 1 aromatic heterocycles. The maximum atomic E-state index is 12.4. The van der Waals surface area contributed by atoms with Crippen LogP contribution in [0, 0.1) is 0 Å². The van der Waals surface area contributed by atoms with E-state index in [0.29, 0.717) is 26.6 Å². The number of carbonyl (C=O) groups excluding carboxylic acids is 1. The number of carbonyl (C=O) groups is 1. The predicted molar refractivity (Wildman–Crippen MR) is 93.9 cm³/mol. The fourth-order valence-corrected chi connectivity index (χ4v) is 2.84. The highest BCUT2D eigenvalue weighted by molar-refractivity contribution is 6.35. The average molecular weight is 364 g/mol. The van der Waals surface area contributed by atoms with Crippen molar-refractivity contribution in [3.05, 3.63) is 73.3 Å². The molecule has 8 heteroatoms. The van der Waals surface area contributed by atoms with E-state index in [0.717, 1.165) is 4.57 Å². The highest BCUT2D eigenvalue weighted by Gasteiger charge is 2.11. The molecule has 2 aromatic carbocycles. The molecule has 0 saturated heterocycles. The molecule has 3 aromatic rings. The van der Waals surface area contributed by atoms with Crippen molar-refractivity contribution < 1.29 is 4.79 Å². The molecule has 3 rings (SSSR count). The number of halogens is 2. The van der Waals surface area contributed by atoms with Crippen LogP contribution in [0.3, 0.4) is 0 Å². The van der Waals surface area contributed by atoms with Gasteiger partial charge < -0.3 is 10.3 Å². The summed E-state index contributed by atoms with van der Waals surface area (Å²) in [5.41, 5.74) is -0.389. The number of aromatic nitrogens is 2. The van der Waals surface area contributed by atoms with Gasteiger partial charge in [0.1, 0.15) is 6.54 Å². The van der Waals surface area contributed by atoms with Crippen LogP contribution in [0.25, 0.3) is 10.9 Å². The smallest absolute Gasteiger partial charge is 0.324 e. The topological polar surface area (TPSA) is 84.0 Å². The van der Waals surface area contributed by atoms with Crippen molar-refractivity contribution in [2.24, 2.45) is 0 Å². The third kappa shape index (κ3) is 3.34. The number of anilines is 1.